The molecule has 0 saturated carbocycles. The molecule has 29 heavy (non-hydrogen) atoms. The molecule has 0 aliphatic rings. The van der Waals surface area contributed by atoms with Crippen LogP contribution in [0.1, 0.15) is 36.6 Å². The van der Waals surface area contributed by atoms with Crippen LogP contribution >= 0.6 is 22.7 Å². The van der Waals surface area contributed by atoms with Crippen LogP contribution in [0.5, 0.6) is 0 Å². The summed E-state index contributed by atoms with van der Waals surface area (Å²) in [5.41, 5.74) is 8.12. The monoisotopic (exact) mass is 427 g/mol. The lowest BCUT2D eigenvalue weighted by atomic mass is 10.00. The lowest BCUT2D eigenvalue weighted by Gasteiger charge is -2.09. The van der Waals surface area contributed by atoms with Crippen molar-refractivity contribution in [2.75, 3.05) is 5.73 Å². The maximum atomic E-state index is 14.9. The van der Waals surface area contributed by atoms with Crippen LogP contribution in [0.15, 0.2) is 42.5 Å². The highest BCUT2D eigenvalue weighted by molar-refractivity contribution is 7.29. The first-order valence-corrected chi connectivity index (χ1v) is 11.5. The minimum atomic E-state index is -0.517. The molecule has 0 radical (unpaired) electrons. The standard InChI is InChI=1S/C24H23F2NS2/c1-3-4-5-6-17-12-22-23(28-17)13-21(29-22)15-7-8-18(19(25)10-15)16-9-14(2)24(27)20(26)11-16/h7-13H,3-6,27H2,1-2H3. The van der Waals surface area contributed by atoms with E-state index in [1.165, 1.54) is 45.7 Å². The number of fused-ring (bicyclic) bond motifs is 1. The largest absolute Gasteiger partial charge is 0.396 e. The topological polar surface area (TPSA) is 26.0 Å². The summed E-state index contributed by atoms with van der Waals surface area (Å²) in [4.78, 5) is 2.48. The summed E-state index contributed by atoms with van der Waals surface area (Å²) in [5, 5.41) is 0. The van der Waals surface area contributed by atoms with Gasteiger partial charge >= 0.3 is 0 Å². The summed E-state index contributed by atoms with van der Waals surface area (Å²) in [6.07, 6.45) is 4.86. The summed E-state index contributed by atoms with van der Waals surface area (Å²) >= 11 is 3.53. The number of halogens is 2. The Morgan fingerprint density at radius 3 is 2.31 bits per heavy atom. The Bertz CT molecular complexity index is 1120. The number of nitrogens with two attached hydrogens (primary N) is 1. The smallest absolute Gasteiger partial charge is 0.146 e. The molecule has 0 aliphatic carbocycles. The molecule has 0 atom stereocenters. The van der Waals surface area contributed by atoms with E-state index in [0.717, 1.165) is 16.9 Å². The van der Waals surface area contributed by atoms with Crippen LogP contribution in [0.3, 0.4) is 0 Å². The Hall–Kier alpha value is -2.24. The zero-order valence-electron chi connectivity index (χ0n) is 16.5. The van der Waals surface area contributed by atoms with Crippen LogP contribution in [0, 0.1) is 18.6 Å². The Labute approximate surface area is 177 Å². The zero-order chi connectivity index (χ0) is 20.5. The number of unbranched alkanes of at least 4 members (excludes halogenated alkanes) is 2. The molecule has 4 rings (SSSR count). The summed E-state index contributed by atoms with van der Waals surface area (Å²) in [6, 6.07) is 12.6. The van der Waals surface area contributed by atoms with Crippen molar-refractivity contribution in [3.8, 4) is 21.6 Å². The molecule has 2 N–H and O–H groups in total. The van der Waals surface area contributed by atoms with Gasteiger partial charge in [-0.1, -0.05) is 31.9 Å². The number of thiophene rings is 2. The van der Waals surface area contributed by atoms with Crippen molar-refractivity contribution in [3.63, 3.8) is 0 Å². The number of benzene rings is 2. The minimum absolute atomic E-state index is 0.110. The van der Waals surface area contributed by atoms with Crippen molar-refractivity contribution in [2.45, 2.75) is 39.5 Å². The van der Waals surface area contributed by atoms with Gasteiger partial charge in [-0.25, -0.2) is 8.78 Å². The van der Waals surface area contributed by atoms with Crippen LogP contribution in [-0.4, -0.2) is 0 Å². The van der Waals surface area contributed by atoms with E-state index < -0.39 is 5.82 Å². The molecular weight excluding hydrogens is 404 g/mol. The van der Waals surface area contributed by atoms with E-state index in [-0.39, 0.29) is 11.5 Å². The van der Waals surface area contributed by atoms with E-state index in [2.05, 4.69) is 19.1 Å². The molecule has 5 heteroatoms. The molecule has 0 saturated heterocycles. The fourth-order valence-electron chi connectivity index (χ4n) is 3.51. The summed E-state index contributed by atoms with van der Waals surface area (Å²) in [6.45, 7) is 3.94. The molecule has 0 unspecified atom stereocenters. The highest BCUT2D eigenvalue weighted by Gasteiger charge is 2.13. The molecule has 0 fully saturated rings. The average molecular weight is 428 g/mol. The third kappa shape index (κ3) is 4.07. The molecular formula is C24H23F2NS2. The molecule has 2 aromatic heterocycles. The van der Waals surface area contributed by atoms with Gasteiger partial charge in [-0.2, -0.15) is 0 Å². The van der Waals surface area contributed by atoms with Gasteiger partial charge < -0.3 is 5.73 Å². The number of hydrogen-bond acceptors (Lipinski definition) is 3. The number of hydrogen-bond donors (Lipinski definition) is 1. The average Bonchev–Trinajstić information content (AvgIpc) is 3.24. The predicted octanol–water partition coefficient (Wildman–Crippen LogP) is 8.20. The summed E-state index contributed by atoms with van der Waals surface area (Å²) in [7, 11) is 0. The van der Waals surface area contributed by atoms with Crippen molar-refractivity contribution in [1.82, 2.24) is 0 Å². The number of anilines is 1. The molecule has 2 aromatic carbocycles. The van der Waals surface area contributed by atoms with E-state index >= 15 is 0 Å². The van der Waals surface area contributed by atoms with Crippen LogP contribution in [-0.2, 0) is 6.42 Å². The second-order valence-electron chi connectivity index (χ2n) is 7.39. The van der Waals surface area contributed by atoms with E-state index in [1.54, 1.807) is 30.4 Å². The second-order valence-corrected chi connectivity index (χ2v) is 9.64. The van der Waals surface area contributed by atoms with Gasteiger partial charge in [-0.3, -0.25) is 0 Å². The van der Waals surface area contributed by atoms with E-state index in [0.29, 0.717) is 16.7 Å². The number of aryl methyl sites for hydroxylation is 2. The maximum absolute atomic E-state index is 14.9. The van der Waals surface area contributed by atoms with Crippen molar-refractivity contribution in [2.24, 2.45) is 0 Å². The van der Waals surface area contributed by atoms with E-state index in [1.807, 2.05) is 17.4 Å². The Balaban J connectivity index is 1.61. The van der Waals surface area contributed by atoms with Gasteiger partial charge in [0.05, 0.1) is 5.69 Å². The lowest BCUT2D eigenvalue weighted by Crippen LogP contribution is -1.96. The molecule has 0 amide bonds. The molecule has 1 nitrogen and oxygen atoms in total. The first-order chi connectivity index (χ1) is 14.0. The van der Waals surface area contributed by atoms with Gasteiger partial charge in [0.1, 0.15) is 11.6 Å². The first-order valence-electron chi connectivity index (χ1n) is 9.84. The fraction of sp³-hybridized carbons (Fsp3) is 0.250. The molecule has 4 aromatic rings. The Kier molecular flexibility index (Phi) is 5.70. The van der Waals surface area contributed by atoms with Crippen molar-refractivity contribution < 1.29 is 8.78 Å². The van der Waals surface area contributed by atoms with Crippen molar-refractivity contribution in [3.05, 3.63) is 64.5 Å². The molecule has 0 aliphatic heterocycles. The Morgan fingerprint density at radius 1 is 0.862 bits per heavy atom. The second kappa shape index (κ2) is 8.25. The van der Waals surface area contributed by atoms with Gasteiger partial charge in [0.2, 0.25) is 0 Å². The van der Waals surface area contributed by atoms with Crippen LogP contribution in [0.25, 0.3) is 31.0 Å². The number of rotatable bonds is 6. The number of nitrogen functional groups attached to an aromatic ring is 1. The molecule has 150 valence electrons. The van der Waals surface area contributed by atoms with Crippen LogP contribution in [0.2, 0.25) is 0 Å². The van der Waals surface area contributed by atoms with Crippen LogP contribution < -0.4 is 5.73 Å². The Morgan fingerprint density at radius 2 is 1.62 bits per heavy atom. The van der Waals surface area contributed by atoms with Gasteiger partial charge in [-0.05, 0) is 66.8 Å². The van der Waals surface area contributed by atoms with Crippen molar-refractivity contribution in [1.29, 1.82) is 0 Å². The van der Waals surface area contributed by atoms with Gasteiger partial charge in [-0.15, -0.1) is 22.7 Å². The third-order valence-electron chi connectivity index (χ3n) is 5.19. The van der Waals surface area contributed by atoms with Gasteiger partial charge in [0.25, 0.3) is 0 Å². The summed E-state index contributed by atoms with van der Waals surface area (Å²) < 4.78 is 31.4. The quantitative estimate of drug-likeness (QED) is 0.243. The van der Waals surface area contributed by atoms with Crippen LogP contribution in [0.4, 0.5) is 14.5 Å². The molecule has 0 bridgehead atoms. The van der Waals surface area contributed by atoms with E-state index in [9.17, 15) is 8.78 Å². The highest BCUT2D eigenvalue weighted by Crippen LogP contribution is 2.40. The van der Waals surface area contributed by atoms with Gasteiger partial charge in [0.15, 0.2) is 0 Å². The SMILES string of the molecule is CCCCCc1cc2sc(-c3ccc(-c4cc(C)c(N)c(F)c4)c(F)c3)cc2s1. The fourth-order valence-corrected chi connectivity index (χ4v) is 5.97. The normalized spacial score (nSPS) is 11.4. The highest BCUT2D eigenvalue weighted by atomic mass is 32.1. The first kappa shape index (κ1) is 20.0. The molecule has 2 heterocycles. The lowest BCUT2D eigenvalue weighted by molar-refractivity contribution is 0.627. The van der Waals surface area contributed by atoms with E-state index in [4.69, 9.17) is 5.73 Å². The van der Waals surface area contributed by atoms with Gasteiger partial charge in [0, 0.05) is 24.7 Å². The summed E-state index contributed by atoms with van der Waals surface area (Å²) in [5.74, 6) is -0.875. The maximum Gasteiger partial charge on any atom is 0.146 e. The molecule has 0 spiro atoms. The predicted molar refractivity (Wildman–Crippen MR) is 123 cm³/mol. The minimum Gasteiger partial charge on any atom is -0.396 e. The zero-order valence-corrected chi connectivity index (χ0v) is 18.2. The van der Waals surface area contributed by atoms with Crippen molar-refractivity contribution >= 4 is 37.8 Å². The third-order valence-corrected chi connectivity index (χ3v) is 7.59.